The minimum absolute atomic E-state index is 0.0408. The van der Waals surface area contributed by atoms with E-state index in [2.05, 4.69) is 21.2 Å². The highest BCUT2D eigenvalue weighted by Crippen LogP contribution is 2.24. The fourth-order valence-corrected chi connectivity index (χ4v) is 2.02. The summed E-state index contributed by atoms with van der Waals surface area (Å²) >= 11 is 3.29. The van der Waals surface area contributed by atoms with Crippen molar-refractivity contribution in [2.45, 2.75) is 0 Å². The van der Waals surface area contributed by atoms with E-state index >= 15 is 0 Å². The Balaban J connectivity index is 1.94. The van der Waals surface area contributed by atoms with Crippen molar-refractivity contribution in [1.29, 1.82) is 0 Å². The molecule has 6 heteroatoms. The Bertz CT molecular complexity index is 634. The van der Waals surface area contributed by atoms with E-state index in [0.29, 0.717) is 15.8 Å². The van der Waals surface area contributed by atoms with Gasteiger partial charge in [-0.2, -0.15) is 0 Å². The van der Waals surface area contributed by atoms with Crippen LogP contribution in [-0.4, -0.2) is 12.5 Å². The number of carbonyl (C=O) groups excluding carboxylic acids is 1. The number of rotatable bonds is 4. The van der Waals surface area contributed by atoms with E-state index < -0.39 is 11.7 Å². The highest BCUT2D eigenvalue weighted by molar-refractivity contribution is 9.10. The zero-order valence-electron chi connectivity index (χ0n) is 10.4. The molecule has 1 amide bonds. The maximum absolute atomic E-state index is 13.3. The molecule has 0 aliphatic heterocycles. The van der Waals surface area contributed by atoms with Crippen LogP contribution in [0.2, 0.25) is 0 Å². The standard InChI is InChI=1S/C14H12BrFN2O2/c15-10-7-9(17)5-6-12(10)18-14(19)8-20-13-4-2-1-3-11(13)16/h1-7H,8,17H2,(H,18,19). The van der Waals surface area contributed by atoms with Crippen LogP contribution in [0.1, 0.15) is 0 Å². The van der Waals surface area contributed by atoms with Crippen LogP contribution in [0.4, 0.5) is 15.8 Å². The zero-order valence-corrected chi connectivity index (χ0v) is 12.0. The number of anilines is 2. The Labute approximate surface area is 123 Å². The summed E-state index contributed by atoms with van der Waals surface area (Å²) in [7, 11) is 0. The minimum Gasteiger partial charge on any atom is -0.481 e. The van der Waals surface area contributed by atoms with Gasteiger partial charge < -0.3 is 15.8 Å². The van der Waals surface area contributed by atoms with Crippen LogP contribution >= 0.6 is 15.9 Å². The Morgan fingerprint density at radius 1 is 1.30 bits per heavy atom. The van der Waals surface area contributed by atoms with Crippen LogP contribution in [-0.2, 0) is 4.79 Å². The lowest BCUT2D eigenvalue weighted by molar-refractivity contribution is -0.118. The number of hydrogen-bond donors (Lipinski definition) is 2. The first kappa shape index (κ1) is 14.3. The van der Waals surface area contributed by atoms with Gasteiger partial charge in [-0.1, -0.05) is 12.1 Å². The number of nitrogen functional groups attached to an aromatic ring is 1. The molecule has 0 unspecified atom stereocenters. The molecule has 2 aromatic rings. The van der Waals surface area contributed by atoms with Crippen LogP contribution in [0.15, 0.2) is 46.9 Å². The van der Waals surface area contributed by atoms with Crippen LogP contribution in [0.5, 0.6) is 5.75 Å². The number of hydrogen-bond acceptors (Lipinski definition) is 3. The molecule has 4 nitrogen and oxygen atoms in total. The van der Waals surface area contributed by atoms with Crippen LogP contribution in [0.25, 0.3) is 0 Å². The number of benzene rings is 2. The van der Waals surface area contributed by atoms with Gasteiger partial charge in [0.15, 0.2) is 18.2 Å². The topological polar surface area (TPSA) is 64.3 Å². The first-order valence-electron chi connectivity index (χ1n) is 5.78. The monoisotopic (exact) mass is 338 g/mol. The van der Waals surface area contributed by atoms with Gasteiger partial charge in [0.25, 0.3) is 5.91 Å². The summed E-state index contributed by atoms with van der Waals surface area (Å²) in [6, 6.07) is 10.9. The summed E-state index contributed by atoms with van der Waals surface area (Å²) in [6.45, 7) is -0.280. The highest BCUT2D eigenvalue weighted by Gasteiger charge is 2.08. The quantitative estimate of drug-likeness (QED) is 0.841. The lowest BCUT2D eigenvalue weighted by Crippen LogP contribution is -2.20. The number of halogens is 2. The molecular formula is C14H12BrFN2O2. The number of amides is 1. The molecule has 0 bridgehead atoms. The second-order valence-corrected chi connectivity index (χ2v) is 4.86. The fourth-order valence-electron chi connectivity index (χ4n) is 1.52. The van der Waals surface area contributed by atoms with Crippen LogP contribution in [0.3, 0.4) is 0 Å². The summed E-state index contributed by atoms with van der Waals surface area (Å²) in [5.41, 5.74) is 6.75. The molecule has 0 aliphatic carbocycles. The van der Waals surface area contributed by atoms with E-state index in [1.807, 2.05) is 0 Å². The molecule has 2 rings (SSSR count). The fraction of sp³-hybridized carbons (Fsp3) is 0.0714. The molecule has 3 N–H and O–H groups in total. The van der Waals surface area contributed by atoms with Gasteiger partial charge in [-0.15, -0.1) is 0 Å². The van der Waals surface area contributed by atoms with Crippen molar-refractivity contribution in [3.63, 3.8) is 0 Å². The number of para-hydroxylation sites is 1. The molecule has 0 saturated heterocycles. The first-order valence-corrected chi connectivity index (χ1v) is 6.58. The van der Waals surface area contributed by atoms with Gasteiger partial charge in [-0.3, -0.25) is 4.79 Å². The number of nitrogens with two attached hydrogens (primary N) is 1. The van der Waals surface area contributed by atoms with Crippen molar-refractivity contribution in [3.05, 3.63) is 52.8 Å². The molecule has 0 spiro atoms. The average Bonchev–Trinajstić information content (AvgIpc) is 2.41. The average molecular weight is 339 g/mol. The Morgan fingerprint density at radius 2 is 2.05 bits per heavy atom. The molecule has 0 aliphatic rings. The molecule has 0 aromatic heterocycles. The first-order chi connectivity index (χ1) is 9.56. The van der Waals surface area contributed by atoms with Gasteiger partial charge >= 0.3 is 0 Å². The Morgan fingerprint density at radius 3 is 2.75 bits per heavy atom. The SMILES string of the molecule is Nc1ccc(NC(=O)COc2ccccc2F)c(Br)c1. The second kappa shape index (κ2) is 6.38. The van der Waals surface area contributed by atoms with Crippen molar-refractivity contribution in [1.82, 2.24) is 0 Å². The van der Waals surface area contributed by atoms with Gasteiger partial charge in [0, 0.05) is 10.2 Å². The van der Waals surface area contributed by atoms with E-state index in [9.17, 15) is 9.18 Å². The van der Waals surface area contributed by atoms with Gasteiger partial charge in [-0.25, -0.2) is 4.39 Å². The zero-order chi connectivity index (χ0) is 14.5. The number of carbonyl (C=O) groups is 1. The van der Waals surface area contributed by atoms with E-state index in [1.54, 1.807) is 30.3 Å². The maximum atomic E-state index is 13.3. The van der Waals surface area contributed by atoms with Crippen molar-refractivity contribution in [2.24, 2.45) is 0 Å². The molecule has 0 radical (unpaired) electrons. The summed E-state index contributed by atoms with van der Waals surface area (Å²) in [6.07, 6.45) is 0. The highest BCUT2D eigenvalue weighted by atomic mass is 79.9. The molecule has 104 valence electrons. The second-order valence-electron chi connectivity index (χ2n) is 4.01. The van der Waals surface area contributed by atoms with Crippen molar-refractivity contribution >= 4 is 33.2 Å². The molecule has 0 fully saturated rings. The van der Waals surface area contributed by atoms with Crippen molar-refractivity contribution < 1.29 is 13.9 Å². The van der Waals surface area contributed by atoms with Crippen LogP contribution in [0, 0.1) is 5.82 Å². The van der Waals surface area contributed by atoms with Gasteiger partial charge in [0.1, 0.15) is 0 Å². The summed E-state index contributed by atoms with van der Waals surface area (Å²) in [5.74, 6) is -0.855. The number of nitrogens with one attached hydrogen (secondary N) is 1. The third-order valence-corrected chi connectivity index (χ3v) is 3.12. The predicted octanol–water partition coefficient (Wildman–Crippen LogP) is 3.19. The molecule has 2 aromatic carbocycles. The largest absolute Gasteiger partial charge is 0.481 e. The van der Waals surface area contributed by atoms with Crippen LogP contribution < -0.4 is 15.8 Å². The van der Waals surface area contributed by atoms with E-state index in [4.69, 9.17) is 10.5 Å². The minimum atomic E-state index is -0.506. The molecule has 20 heavy (non-hydrogen) atoms. The molecule has 0 atom stereocenters. The molecule has 0 saturated carbocycles. The summed E-state index contributed by atoms with van der Waals surface area (Å²) in [5, 5.41) is 2.64. The Hall–Kier alpha value is -2.08. The summed E-state index contributed by atoms with van der Waals surface area (Å²) < 4.78 is 19.1. The third-order valence-electron chi connectivity index (χ3n) is 2.46. The van der Waals surface area contributed by atoms with E-state index in [0.717, 1.165) is 0 Å². The van der Waals surface area contributed by atoms with E-state index in [1.165, 1.54) is 12.1 Å². The van der Waals surface area contributed by atoms with Gasteiger partial charge in [-0.05, 0) is 46.3 Å². The third kappa shape index (κ3) is 3.71. The summed E-state index contributed by atoms with van der Waals surface area (Å²) in [4.78, 5) is 11.7. The molecular weight excluding hydrogens is 327 g/mol. The van der Waals surface area contributed by atoms with E-state index in [-0.39, 0.29) is 12.4 Å². The Kier molecular flexibility index (Phi) is 4.57. The van der Waals surface area contributed by atoms with Crippen molar-refractivity contribution in [2.75, 3.05) is 17.7 Å². The van der Waals surface area contributed by atoms with Gasteiger partial charge in [0.05, 0.1) is 5.69 Å². The normalized spacial score (nSPS) is 10.1. The number of ether oxygens (including phenoxy) is 1. The maximum Gasteiger partial charge on any atom is 0.262 e. The van der Waals surface area contributed by atoms with Gasteiger partial charge in [0.2, 0.25) is 0 Å². The lowest BCUT2D eigenvalue weighted by atomic mass is 10.3. The molecule has 0 heterocycles. The predicted molar refractivity (Wildman–Crippen MR) is 79.1 cm³/mol. The van der Waals surface area contributed by atoms with Crippen molar-refractivity contribution in [3.8, 4) is 5.75 Å². The smallest absolute Gasteiger partial charge is 0.262 e. The lowest BCUT2D eigenvalue weighted by Gasteiger charge is -2.09.